The highest BCUT2D eigenvalue weighted by Gasteiger charge is 2.42. The van der Waals surface area contributed by atoms with E-state index in [-0.39, 0.29) is 0 Å². The molecule has 1 heterocycles. The van der Waals surface area contributed by atoms with E-state index in [1.54, 1.807) is 31.4 Å². The summed E-state index contributed by atoms with van der Waals surface area (Å²) in [6, 6.07) is 6.87. The maximum absolute atomic E-state index is 11.7. The number of hydrogen-bond acceptors (Lipinski definition) is 6. The van der Waals surface area contributed by atoms with Gasteiger partial charge >= 0.3 is 11.9 Å². The van der Waals surface area contributed by atoms with Crippen LogP contribution in [0.3, 0.4) is 0 Å². The molecular formula is C14H15NO5. The second-order valence-electron chi connectivity index (χ2n) is 4.70. The fourth-order valence-corrected chi connectivity index (χ4v) is 1.68. The van der Waals surface area contributed by atoms with Gasteiger partial charge in [0.15, 0.2) is 5.92 Å². The van der Waals surface area contributed by atoms with Crippen molar-refractivity contribution in [1.82, 2.24) is 0 Å². The predicted octanol–water partition coefficient (Wildman–Crippen LogP) is 1.85. The Bertz CT molecular complexity index is 527. The van der Waals surface area contributed by atoms with Crippen LogP contribution in [0.15, 0.2) is 29.3 Å². The summed E-state index contributed by atoms with van der Waals surface area (Å²) >= 11 is 0. The van der Waals surface area contributed by atoms with E-state index in [2.05, 4.69) is 4.99 Å². The number of benzene rings is 1. The van der Waals surface area contributed by atoms with E-state index in [4.69, 9.17) is 14.2 Å². The molecule has 0 saturated carbocycles. The summed E-state index contributed by atoms with van der Waals surface area (Å²) < 4.78 is 15.0. The SMILES string of the molecule is COc1ccc(N=CC2C(=O)OC(C)(C)OC2=O)cc1. The normalized spacial score (nSPS) is 18.8. The molecule has 0 atom stereocenters. The van der Waals surface area contributed by atoms with Gasteiger partial charge < -0.3 is 14.2 Å². The first-order valence-corrected chi connectivity index (χ1v) is 6.05. The lowest BCUT2D eigenvalue weighted by molar-refractivity contribution is -0.235. The molecule has 1 fully saturated rings. The molecule has 2 rings (SSSR count). The van der Waals surface area contributed by atoms with Crippen LogP contribution in [0.1, 0.15) is 13.8 Å². The van der Waals surface area contributed by atoms with Crippen LogP contribution >= 0.6 is 0 Å². The molecule has 1 aromatic rings. The molecule has 0 radical (unpaired) electrons. The maximum Gasteiger partial charge on any atom is 0.329 e. The topological polar surface area (TPSA) is 74.2 Å². The van der Waals surface area contributed by atoms with Crippen molar-refractivity contribution < 1.29 is 23.8 Å². The van der Waals surface area contributed by atoms with Crippen LogP contribution in [0.4, 0.5) is 5.69 Å². The number of methoxy groups -OCH3 is 1. The van der Waals surface area contributed by atoms with Crippen LogP contribution < -0.4 is 4.74 Å². The van der Waals surface area contributed by atoms with Gasteiger partial charge in [-0.15, -0.1) is 0 Å². The number of cyclic esters (lactones) is 2. The molecule has 6 heteroatoms. The fourth-order valence-electron chi connectivity index (χ4n) is 1.68. The molecule has 0 unspecified atom stereocenters. The smallest absolute Gasteiger partial charge is 0.329 e. The molecule has 0 aromatic heterocycles. The third kappa shape index (κ3) is 3.14. The zero-order chi connectivity index (χ0) is 14.8. The minimum atomic E-state index is -1.22. The van der Waals surface area contributed by atoms with E-state index in [1.165, 1.54) is 20.1 Å². The lowest BCUT2D eigenvalue weighted by atomic mass is 10.1. The Morgan fingerprint density at radius 1 is 1.15 bits per heavy atom. The van der Waals surface area contributed by atoms with Gasteiger partial charge in [0.2, 0.25) is 0 Å². The number of ether oxygens (including phenoxy) is 3. The molecule has 0 amide bonds. The van der Waals surface area contributed by atoms with Gasteiger partial charge in [0, 0.05) is 20.1 Å². The highest BCUT2D eigenvalue weighted by atomic mass is 16.7. The average Bonchev–Trinajstić information content (AvgIpc) is 2.37. The number of nitrogens with zero attached hydrogens (tertiary/aromatic N) is 1. The summed E-state index contributed by atoms with van der Waals surface area (Å²) in [5.41, 5.74) is 0.594. The third-order valence-electron chi connectivity index (χ3n) is 2.65. The maximum atomic E-state index is 11.7. The van der Waals surface area contributed by atoms with Crippen LogP contribution in [0.2, 0.25) is 0 Å². The number of carbonyl (C=O) groups is 2. The van der Waals surface area contributed by atoms with Crippen molar-refractivity contribution in [2.75, 3.05) is 7.11 Å². The molecule has 1 aliphatic heterocycles. The monoisotopic (exact) mass is 277 g/mol. The van der Waals surface area contributed by atoms with E-state index in [1.807, 2.05) is 0 Å². The molecule has 0 aliphatic carbocycles. The van der Waals surface area contributed by atoms with Gasteiger partial charge in [-0.3, -0.25) is 14.6 Å². The van der Waals surface area contributed by atoms with Gasteiger partial charge in [-0.25, -0.2) is 0 Å². The molecule has 1 aliphatic rings. The standard InChI is InChI=1S/C14H15NO5/c1-14(2)19-12(16)11(13(17)20-14)8-15-9-4-6-10(18-3)7-5-9/h4-8,11H,1-3H3. The van der Waals surface area contributed by atoms with Gasteiger partial charge in [-0.2, -0.15) is 0 Å². The van der Waals surface area contributed by atoms with Crippen molar-refractivity contribution in [2.24, 2.45) is 10.9 Å². The minimum Gasteiger partial charge on any atom is -0.497 e. The molecule has 20 heavy (non-hydrogen) atoms. The fraction of sp³-hybridized carbons (Fsp3) is 0.357. The van der Waals surface area contributed by atoms with Crippen molar-refractivity contribution in [3.05, 3.63) is 24.3 Å². The lowest BCUT2D eigenvalue weighted by Crippen LogP contribution is -2.46. The average molecular weight is 277 g/mol. The van der Waals surface area contributed by atoms with Crippen molar-refractivity contribution in [2.45, 2.75) is 19.6 Å². The molecular weight excluding hydrogens is 262 g/mol. The van der Waals surface area contributed by atoms with Crippen molar-refractivity contribution in [3.8, 4) is 5.75 Å². The number of aliphatic imine (C=N–C) groups is 1. The minimum absolute atomic E-state index is 0.594. The summed E-state index contributed by atoms with van der Waals surface area (Å²) in [6.07, 6.45) is 1.22. The molecule has 106 valence electrons. The van der Waals surface area contributed by atoms with Gasteiger partial charge in [-0.1, -0.05) is 0 Å². The highest BCUT2D eigenvalue weighted by molar-refractivity contribution is 6.10. The summed E-state index contributed by atoms with van der Waals surface area (Å²) in [5, 5.41) is 0. The number of esters is 2. The lowest BCUT2D eigenvalue weighted by Gasteiger charge is -2.31. The Balaban J connectivity index is 2.10. The van der Waals surface area contributed by atoms with Crippen LogP contribution in [0.5, 0.6) is 5.75 Å². The summed E-state index contributed by atoms with van der Waals surface area (Å²) in [6.45, 7) is 3.00. The first-order chi connectivity index (χ1) is 9.41. The van der Waals surface area contributed by atoms with E-state index in [0.29, 0.717) is 11.4 Å². The molecule has 0 spiro atoms. The van der Waals surface area contributed by atoms with Gasteiger partial charge in [-0.05, 0) is 24.3 Å². The van der Waals surface area contributed by atoms with Crippen molar-refractivity contribution >= 4 is 23.8 Å². The molecule has 1 aromatic carbocycles. The number of rotatable bonds is 3. The van der Waals surface area contributed by atoms with Crippen LogP contribution in [0, 0.1) is 5.92 Å². The Kier molecular flexibility index (Phi) is 3.74. The van der Waals surface area contributed by atoms with Gasteiger partial charge in [0.25, 0.3) is 5.79 Å². The first-order valence-electron chi connectivity index (χ1n) is 6.05. The summed E-state index contributed by atoms with van der Waals surface area (Å²) in [4.78, 5) is 27.5. The number of carbonyl (C=O) groups excluding carboxylic acids is 2. The highest BCUT2D eigenvalue weighted by Crippen LogP contribution is 2.23. The van der Waals surface area contributed by atoms with Gasteiger partial charge in [0.1, 0.15) is 5.75 Å². The molecule has 0 bridgehead atoms. The Morgan fingerprint density at radius 3 is 2.20 bits per heavy atom. The van der Waals surface area contributed by atoms with Crippen molar-refractivity contribution in [1.29, 1.82) is 0 Å². The van der Waals surface area contributed by atoms with E-state index < -0.39 is 23.6 Å². The first kappa shape index (κ1) is 14.0. The predicted molar refractivity (Wildman–Crippen MR) is 70.9 cm³/mol. The Morgan fingerprint density at radius 2 is 1.70 bits per heavy atom. The molecule has 6 nitrogen and oxygen atoms in total. The second-order valence-corrected chi connectivity index (χ2v) is 4.70. The van der Waals surface area contributed by atoms with Crippen LogP contribution in [-0.2, 0) is 19.1 Å². The summed E-state index contributed by atoms with van der Waals surface area (Å²) in [5.74, 6) is -2.99. The van der Waals surface area contributed by atoms with Crippen LogP contribution in [-0.4, -0.2) is 31.1 Å². The largest absolute Gasteiger partial charge is 0.497 e. The molecule has 0 N–H and O–H groups in total. The quantitative estimate of drug-likeness (QED) is 0.479. The Hall–Kier alpha value is -2.37. The number of hydrogen-bond donors (Lipinski definition) is 0. The third-order valence-corrected chi connectivity index (χ3v) is 2.65. The Labute approximate surface area is 116 Å². The van der Waals surface area contributed by atoms with Crippen LogP contribution in [0.25, 0.3) is 0 Å². The summed E-state index contributed by atoms with van der Waals surface area (Å²) in [7, 11) is 1.56. The van der Waals surface area contributed by atoms with Gasteiger partial charge in [0.05, 0.1) is 12.8 Å². The zero-order valence-corrected chi connectivity index (χ0v) is 11.5. The molecule has 1 saturated heterocycles. The van der Waals surface area contributed by atoms with Crippen molar-refractivity contribution in [3.63, 3.8) is 0 Å². The van der Waals surface area contributed by atoms with E-state index in [0.717, 1.165) is 0 Å². The van der Waals surface area contributed by atoms with E-state index in [9.17, 15) is 9.59 Å². The van der Waals surface area contributed by atoms with E-state index >= 15 is 0 Å². The second kappa shape index (κ2) is 5.32. The zero-order valence-electron chi connectivity index (χ0n) is 11.5.